The molecule has 0 aromatic heterocycles. The van der Waals surface area contributed by atoms with Crippen LogP contribution in [0.5, 0.6) is 0 Å². The number of amides is 1. The molecule has 0 fully saturated rings. The Labute approximate surface area is 144 Å². The van der Waals surface area contributed by atoms with Gasteiger partial charge in [0.25, 0.3) is 0 Å². The lowest BCUT2D eigenvalue weighted by molar-refractivity contribution is 0.0297. The first-order chi connectivity index (χ1) is 10.7. The number of nitrogens with zero attached hydrogens (tertiary/aromatic N) is 1. The topological polar surface area (TPSA) is 41.6 Å². The number of halogens is 1. The van der Waals surface area contributed by atoms with Crippen molar-refractivity contribution in [3.05, 3.63) is 34.3 Å². The van der Waals surface area contributed by atoms with Crippen molar-refractivity contribution in [3.63, 3.8) is 0 Å². The van der Waals surface area contributed by atoms with Crippen molar-refractivity contribution >= 4 is 17.7 Å². The van der Waals surface area contributed by atoms with Crippen molar-refractivity contribution in [2.24, 2.45) is 0 Å². The van der Waals surface area contributed by atoms with Gasteiger partial charge in [-0.1, -0.05) is 17.7 Å². The molecule has 0 heterocycles. The number of rotatable bonds is 5. The van der Waals surface area contributed by atoms with E-state index in [0.717, 1.165) is 30.8 Å². The maximum atomic E-state index is 11.9. The molecule has 128 valence electrons. The molecular formula is C18H27ClN2O2. The van der Waals surface area contributed by atoms with Crippen molar-refractivity contribution in [1.82, 2.24) is 10.2 Å². The highest BCUT2D eigenvalue weighted by molar-refractivity contribution is 6.30. The summed E-state index contributed by atoms with van der Waals surface area (Å²) in [6, 6.07) is 6.61. The third kappa shape index (κ3) is 5.70. The SMILES string of the molecule is CN(CCCNC1Cc2ccc(Cl)cc2C1)C(=O)OC(C)(C)C. The van der Waals surface area contributed by atoms with E-state index in [2.05, 4.69) is 17.4 Å². The molecule has 1 aromatic carbocycles. The zero-order valence-electron chi connectivity index (χ0n) is 14.5. The van der Waals surface area contributed by atoms with Crippen LogP contribution < -0.4 is 5.32 Å². The van der Waals surface area contributed by atoms with Crippen LogP contribution in [0, 0.1) is 0 Å². The largest absolute Gasteiger partial charge is 0.444 e. The second kappa shape index (κ2) is 7.54. The van der Waals surface area contributed by atoms with Crippen molar-refractivity contribution in [2.45, 2.75) is 51.7 Å². The fourth-order valence-corrected chi connectivity index (χ4v) is 2.98. The van der Waals surface area contributed by atoms with Crippen molar-refractivity contribution in [3.8, 4) is 0 Å². The average molecular weight is 339 g/mol. The predicted octanol–water partition coefficient (Wildman–Crippen LogP) is 3.65. The monoisotopic (exact) mass is 338 g/mol. The fourth-order valence-electron chi connectivity index (χ4n) is 2.78. The predicted molar refractivity (Wildman–Crippen MR) is 94.1 cm³/mol. The van der Waals surface area contributed by atoms with Gasteiger partial charge in [0.1, 0.15) is 5.60 Å². The first kappa shape index (κ1) is 18.1. The van der Waals surface area contributed by atoms with Gasteiger partial charge in [-0.05, 0) is 69.8 Å². The van der Waals surface area contributed by atoms with Crippen LogP contribution in [0.2, 0.25) is 5.02 Å². The van der Waals surface area contributed by atoms with Crippen LogP contribution in [0.15, 0.2) is 18.2 Å². The van der Waals surface area contributed by atoms with E-state index < -0.39 is 5.60 Å². The van der Waals surface area contributed by atoms with Crippen molar-refractivity contribution in [2.75, 3.05) is 20.1 Å². The van der Waals surface area contributed by atoms with Crippen LogP contribution in [-0.2, 0) is 17.6 Å². The molecule has 23 heavy (non-hydrogen) atoms. The molecule has 1 aliphatic carbocycles. The Bertz CT molecular complexity index is 554. The van der Waals surface area contributed by atoms with Gasteiger partial charge in [-0.2, -0.15) is 0 Å². The maximum absolute atomic E-state index is 11.9. The molecule has 4 nitrogen and oxygen atoms in total. The van der Waals surface area contributed by atoms with Gasteiger partial charge >= 0.3 is 6.09 Å². The van der Waals surface area contributed by atoms with Crippen molar-refractivity contribution in [1.29, 1.82) is 0 Å². The van der Waals surface area contributed by atoms with Crippen LogP contribution in [0.1, 0.15) is 38.3 Å². The second-order valence-electron chi connectivity index (χ2n) is 7.23. The van der Waals surface area contributed by atoms with Crippen LogP contribution in [-0.4, -0.2) is 42.8 Å². The quantitative estimate of drug-likeness (QED) is 0.833. The number of hydrogen-bond donors (Lipinski definition) is 1. The first-order valence-electron chi connectivity index (χ1n) is 8.19. The minimum atomic E-state index is -0.444. The van der Waals surface area contributed by atoms with Gasteiger partial charge in [-0.15, -0.1) is 0 Å². The maximum Gasteiger partial charge on any atom is 0.410 e. The highest BCUT2D eigenvalue weighted by atomic mass is 35.5. The van der Waals surface area contributed by atoms with E-state index >= 15 is 0 Å². The Kier molecular flexibility index (Phi) is 5.93. The summed E-state index contributed by atoms with van der Waals surface area (Å²) in [7, 11) is 1.78. The van der Waals surface area contributed by atoms with Gasteiger partial charge in [0.05, 0.1) is 0 Å². The number of nitrogens with one attached hydrogen (secondary N) is 1. The lowest BCUT2D eigenvalue weighted by Gasteiger charge is -2.24. The summed E-state index contributed by atoms with van der Waals surface area (Å²) in [5.74, 6) is 0. The lowest BCUT2D eigenvalue weighted by Crippen LogP contribution is -2.36. The molecule has 1 atom stereocenters. The molecule has 1 N–H and O–H groups in total. The number of benzene rings is 1. The van der Waals surface area contributed by atoms with Crippen LogP contribution >= 0.6 is 11.6 Å². The summed E-state index contributed by atoms with van der Waals surface area (Å²) in [5.41, 5.74) is 2.29. The van der Waals surface area contributed by atoms with E-state index in [4.69, 9.17) is 16.3 Å². The zero-order valence-corrected chi connectivity index (χ0v) is 15.2. The number of carbonyl (C=O) groups excluding carboxylic acids is 1. The third-order valence-electron chi connectivity index (χ3n) is 3.91. The van der Waals surface area contributed by atoms with E-state index in [1.54, 1.807) is 11.9 Å². The smallest absolute Gasteiger partial charge is 0.410 e. The molecule has 1 unspecified atom stereocenters. The molecule has 0 spiro atoms. The van der Waals surface area contributed by atoms with Gasteiger partial charge in [0.15, 0.2) is 0 Å². The zero-order chi connectivity index (χ0) is 17.0. The average Bonchev–Trinajstić information content (AvgIpc) is 2.83. The summed E-state index contributed by atoms with van der Waals surface area (Å²) in [6.07, 6.45) is 2.72. The number of carbonyl (C=O) groups is 1. The minimum absolute atomic E-state index is 0.264. The summed E-state index contributed by atoms with van der Waals surface area (Å²) in [6.45, 7) is 7.21. The molecule has 1 aromatic rings. The molecule has 2 rings (SSSR count). The van der Waals surface area contributed by atoms with Crippen LogP contribution in [0.4, 0.5) is 4.79 Å². The number of ether oxygens (including phenoxy) is 1. The normalized spacial score (nSPS) is 17.0. The Morgan fingerprint density at radius 1 is 1.35 bits per heavy atom. The molecule has 0 aliphatic heterocycles. The summed E-state index contributed by atoms with van der Waals surface area (Å²) in [5, 5.41) is 4.38. The molecule has 1 aliphatic rings. The van der Waals surface area contributed by atoms with Gasteiger partial charge in [0, 0.05) is 24.7 Å². The Balaban J connectivity index is 1.66. The van der Waals surface area contributed by atoms with E-state index in [1.165, 1.54) is 11.1 Å². The van der Waals surface area contributed by atoms with Gasteiger partial charge < -0.3 is 15.0 Å². The standard InChI is InChI=1S/C18H27ClN2O2/c1-18(2,3)23-17(22)21(4)9-5-8-20-16-11-13-6-7-15(19)10-14(13)12-16/h6-7,10,16,20H,5,8-9,11-12H2,1-4H3. The van der Waals surface area contributed by atoms with Crippen LogP contribution in [0.25, 0.3) is 0 Å². The molecular weight excluding hydrogens is 312 g/mol. The highest BCUT2D eigenvalue weighted by Gasteiger charge is 2.21. The first-order valence-corrected chi connectivity index (χ1v) is 8.57. The van der Waals surface area contributed by atoms with E-state index in [1.807, 2.05) is 26.8 Å². The molecule has 0 saturated carbocycles. The minimum Gasteiger partial charge on any atom is -0.444 e. The Morgan fingerprint density at radius 3 is 2.74 bits per heavy atom. The van der Waals surface area contributed by atoms with Gasteiger partial charge in [-0.3, -0.25) is 0 Å². The third-order valence-corrected chi connectivity index (χ3v) is 4.14. The lowest BCUT2D eigenvalue weighted by atomic mass is 10.1. The highest BCUT2D eigenvalue weighted by Crippen LogP contribution is 2.25. The van der Waals surface area contributed by atoms with E-state index in [0.29, 0.717) is 12.6 Å². The Morgan fingerprint density at radius 2 is 2.04 bits per heavy atom. The summed E-state index contributed by atoms with van der Waals surface area (Å²) in [4.78, 5) is 13.5. The molecule has 0 saturated heterocycles. The molecule has 0 radical (unpaired) electrons. The summed E-state index contributed by atoms with van der Waals surface area (Å²) < 4.78 is 5.34. The molecule has 0 bridgehead atoms. The van der Waals surface area contributed by atoms with Gasteiger partial charge in [-0.25, -0.2) is 4.79 Å². The molecule has 1 amide bonds. The van der Waals surface area contributed by atoms with Crippen LogP contribution in [0.3, 0.4) is 0 Å². The fraction of sp³-hybridized carbons (Fsp3) is 0.611. The number of hydrogen-bond acceptors (Lipinski definition) is 3. The van der Waals surface area contributed by atoms with Crippen molar-refractivity contribution < 1.29 is 9.53 Å². The second-order valence-corrected chi connectivity index (χ2v) is 7.66. The van der Waals surface area contributed by atoms with Gasteiger partial charge in [0.2, 0.25) is 0 Å². The Hall–Kier alpha value is -1.26. The number of fused-ring (bicyclic) bond motifs is 1. The molecule has 5 heteroatoms. The summed E-state index contributed by atoms with van der Waals surface area (Å²) >= 11 is 6.04. The van der Waals surface area contributed by atoms with E-state index in [-0.39, 0.29) is 6.09 Å². The van der Waals surface area contributed by atoms with E-state index in [9.17, 15) is 4.79 Å².